The van der Waals surface area contributed by atoms with E-state index in [-0.39, 0.29) is 18.4 Å². The first-order chi connectivity index (χ1) is 5.86. The number of hydrogen-bond acceptors (Lipinski definition) is 3. The molecule has 13 heavy (non-hydrogen) atoms. The molecule has 1 aromatic carbocycles. The van der Waals surface area contributed by atoms with Crippen LogP contribution < -0.4 is 5.73 Å². The van der Waals surface area contributed by atoms with Gasteiger partial charge in [-0.25, -0.2) is 4.99 Å². The van der Waals surface area contributed by atoms with Crippen LogP contribution in [-0.4, -0.2) is 12.6 Å². The van der Waals surface area contributed by atoms with E-state index in [2.05, 4.69) is 4.99 Å². The quantitative estimate of drug-likeness (QED) is 0.744. The van der Waals surface area contributed by atoms with Crippen molar-refractivity contribution in [3.05, 3.63) is 35.9 Å². The fraction of sp³-hybridized carbons (Fsp3) is 0.222. The second-order valence-electron chi connectivity index (χ2n) is 2.70. The van der Waals surface area contributed by atoms with Crippen LogP contribution in [0.1, 0.15) is 11.6 Å². The van der Waals surface area contributed by atoms with E-state index in [9.17, 15) is 0 Å². The first kappa shape index (κ1) is 9.86. The van der Waals surface area contributed by atoms with Gasteiger partial charge in [0.15, 0.2) is 0 Å². The lowest BCUT2D eigenvalue weighted by Gasteiger charge is -2.03. The maximum atomic E-state index is 5.39. The van der Waals surface area contributed by atoms with Crippen molar-refractivity contribution in [1.82, 2.24) is 0 Å². The summed E-state index contributed by atoms with van der Waals surface area (Å²) in [7, 11) is 0. The third-order valence-corrected chi connectivity index (χ3v) is 1.86. The number of rotatable bonds is 1. The molecule has 0 fully saturated rings. The van der Waals surface area contributed by atoms with E-state index in [4.69, 9.17) is 10.5 Å². The number of nitrogens with zero attached hydrogens (tertiary/aromatic N) is 1. The Bertz CT molecular complexity index is 300. The van der Waals surface area contributed by atoms with E-state index >= 15 is 0 Å². The van der Waals surface area contributed by atoms with Gasteiger partial charge in [0.05, 0.1) is 0 Å². The first-order valence-corrected chi connectivity index (χ1v) is 3.87. The molecule has 2 rings (SSSR count). The van der Waals surface area contributed by atoms with Crippen LogP contribution in [0, 0.1) is 0 Å². The zero-order valence-electron chi connectivity index (χ0n) is 7.01. The number of hydrogen-bond donors (Lipinski definition) is 1. The third kappa shape index (κ3) is 2.12. The monoisotopic (exact) mass is 198 g/mol. The van der Waals surface area contributed by atoms with Gasteiger partial charge >= 0.3 is 0 Å². The average Bonchev–Trinajstić information content (AvgIpc) is 2.54. The van der Waals surface area contributed by atoms with Crippen LogP contribution in [0.2, 0.25) is 0 Å². The molecule has 4 heteroatoms. The fourth-order valence-electron chi connectivity index (χ4n) is 1.24. The Labute approximate surface area is 83.0 Å². The highest BCUT2D eigenvalue weighted by atomic mass is 35.5. The Kier molecular flexibility index (Phi) is 3.14. The number of benzene rings is 1. The minimum Gasteiger partial charge on any atom is -0.463 e. The molecule has 0 saturated heterocycles. The molecular weight excluding hydrogens is 188 g/mol. The number of aliphatic imine (C=N–C) groups is 1. The Balaban J connectivity index is 0.000000845. The smallest absolute Gasteiger partial charge is 0.282 e. The summed E-state index contributed by atoms with van der Waals surface area (Å²) in [5.41, 5.74) is 6.54. The van der Waals surface area contributed by atoms with E-state index in [1.165, 1.54) is 0 Å². The predicted octanol–water partition coefficient (Wildman–Crippen LogP) is 1.49. The highest BCUT2D eigenvalue weighted by molar-refractivity contribution is 5.85. The molecule has 1 heterocycles. The van der Waals surface area contributed by atoms with Crippen molar-refractivity contribution in [2.24, 2.45) is 10.7 Å². The molecule has 0 saturated carbocycles. The van der Waals surface area contributed by atoms with Crippen LogP contribution in [0.4, 0.5) is 0 Å². The summed E-state index contributed by atoms with van der Waals surface area (Å²) in [4.78, 5) is 4.13. The molecule has 0 bridgehead atoms. The number of ether oxygens (including phenoxy) is 1. The van der Waals surface area contributed by atoms with Gasteiger partial charge in [-0.2, -0.15) is 0 Å². The molecular formula is C9H11ClN2O. The van der Waals surface area contributed by atoms with Crippen molar-refractivity contribution in [2.45, 2.75) is 6.04 Å². The molecule has 0 radical (unpaired) electrons. The normalized spacial score (nSPS) is 20.0. The molecule has 1 aliphatic rings. The number of amidine groups is 1. The maximum Gasteiger partial charge on any atom is 0.282 e. The Morgan fingerprint density at radius 3 is 2.54 bits per heavy atom. The lowest BCUT2D eigenvalue weighted by Crippen LogP contribution is -2.10. The summed E-state index contributed by atoms with van der Waals surface area (Å²) in [5.74, 6) is 0. The van der Waals surface area contributed by atoms with E-state index in [1.807, 2.05) is 30.3 Å². The van der Waals surface area contributed by atoms with Gasteiger partial charge in [0.1, 0.15) is 12.6 Å². The Hall–Kier alpha value is -1.22. The molecule has 1 atom stereocenters. The van der Waals surface area contributed by atoms with Crippen LogP contribution in [0.5, 0.6) is 0 Å². The summed E-state index contributed by atoms with van der Waals surface area (Å²) in [6, 6.07) is 10.4. The average molecular weight is 199 g/mol. The third-order valence-electron chi connectivity index (χ3n) is 1.86. The SMILES string of the molecule is Cl.NC1=N[C@H](c2ccccc2)CO1. The van der Waals surface area contributed by atoms with Gasteiger partial charge in [-0.05, 0) is 5.56 Å². The minimum absolute atomic E-state index is 0. The largest absolute Gasteiger partial charge is 0.463 e. The van der Waals surface area contributed by atoms with Gasteiger partial charge < -0.3 is 10.5 Å². The molecule has 70 valence electrons. The molecule has 0 aliphatic carbocycles. The number of halogens is 1. The zero-order valence-corrected chi connectivity index (χ0v) is 7.83. The van der Waals surface area contributed by atoms with Crippen LogP contribution >= 0.6 is 12.4 Å². The summed E-state index contributed by atoms with van der Waals surface area (Å²) in [6.07, 6.45) is 0. The molecule has 0 aromatic heterocycles. The summed E-state index contributed by atoms with van der Waals surface area (Å²) < 4.78 is 5.05. The minimum atomic E-state index is 0. The van der Waals surface area contributed by atoms with Crippen LogP contribution in [-0.2, 0) is 4.74 Å². The van der Waals surface area contributed by atoms with Crippen LogP contribution in [0.25, 0.3) is 0 Å². The van der Waals surface area contributed by atoms with Gasteiger partial charge in [0, 0.05) is 0 Å². The summed E-state index contributed by atoms with van der Waals surface area (Å²) in [6.45, 7) is 0.565. The molecule has 0 unspecified atom stereocenters. The standard InChI is InChI=1S/C9H10N2O.ClH/c10-9-11-8(6-12-9)7-4-2-1-3-5-7;/h1-5,8H,6H2,(H2,10,11);1H/t8-;/m0./s1. The fourth-order valence-corrected chi connectivity index (χ4v) is 1.24. The van der Waals surface area contributed by atoms with Crippen molar-refractivity contribution in [3.8, 4) is 0 Å². The molecule has 1 aromatic rings. The van der Waals surface area contributed by atoms with Crippen molar-refractivity contribution in [1.29, 1.82) is 0 Å². The van der Waals surface area contributed by atoms with E-state index in [0.29, 0.717) is 12.6 Å². The van der Waals surface area contributed by atoms with E-state index < -0.39 is 0 Å². The topological polar surface area (TPSA) is 47.6 Å². The Morgan fingerprint density at radius 1 is 1.31 bits per heavy atom. The van der Waals surface area contributed by atoms with Crippen molar-refractivity contribution < 1.29 is 4.74 Å². The van der Waals surface area contributed by atoms with Crippen LogP contribution in [0.3, 0.4) is 0 Å². The van der Waals surface area contributed by atoms with Gasteiger partial charge in [-0.1, -0.05) is 30.3 Å². The van der Waals surface area contributed by atoms with Gasteiger partial charge in [0.2, 0.25) is 0 Å². The van der Waals surface area contributed by atoms with Gasteiger partial charge in [-0.3, -0.25) is 0 Å². The van der Waals surface area contributed by atoms with Gasteiger partial charge in [0.25, 0.3) is 6.02 Å². The van der Waals surface area contributed by atoms with Gasteiger partial charge in [-0.15, -0.1) is 12.4 Å². The van der Waals surface area contributed by atoms with E-state index in [1.54, 1.807) is 0 Å². The van der Waals surface area contributed by atoms with Crippen molar-refractivity contribution >= 4 is 18.4 Å². The molecule has 1 aliphatic heterocycles. The van der Waals surface area contributed by atoms with E-state index in [0.717, 1.165) is 5.56 Å². The maximum absolute atomic E-state index is 5.39. The van der Waals surface area contributed by atoms with Crippen molar-refractivity contribution in [2.75, 3.05) is 6.61 Å². The summed E-state index contributed by atoms with van der Waals surface area (Å²) >= 11 is 0. The lowest BCUT2D eigenvalue weighted by atomic mass is 10.1. The molecule has 0 amide bonds. The van der Waals surface area contributed by atoms with Crippen LogP contribution in [0.15, 0.2) is 35.3 Å². The second kappa shape index (κ2) is 4.14. The van der Waals surface area contributed by atoms with Crippen molar-refractivity contribution in [3.63, 3.8) is 0 Å². The second-order valence-corrected chi connectivity index (χ2v) is 2.70. The zero-order chi connectivity index (χ0) is 8.39. The highest BCUT2D eigenvalue weighted by Gasteiger charge is 2.17. The molecule has 0 spiro atoms. The lowest BCUT2D eigenvalue weighted by molar-refractivity contribution is 0.315. The summed E-state index contributed by atoms with van der Waals surface area (Å²) in [5, 5.41) is 0. The Morgan fingerprint density at radius 2 is 2.00 bits per heavy atom. The molecule has 2 N–H and O–H groups in total. The number of nitrogens with two attached hydrogens (primary N) is 1. The molecule has 3 nitrogen and oxygen atoms in total. The predicted molar refractivity (Wildman–Crippen MR) is 54.0 cm³/mol. The first-order valence-electron chi connectivity index (χ1n) is 3.87. The highest BCUT2D eigenvalue weighted by Crippen LogP contribution is 2.20.